The van der Waals surface area contributed by atoms with Crippen LogP contribution in [0.2, 0.25) is 0 Å². The summed E-state index contributed by atoms with van der Waals surface area (Å²) in [5.41, 5.74) is 3.07. The van der Waals surface area contributed by atoms with Gasteiger partial charge in [-0.15, -0.1) is 11.3 Å². The Morgan fingerprint density at radius 2 is 2.19 bits per heavy atom. The van der Waals surface area contributed by atoms with Crippen LogP contribution >= 0.6 is 23.6 Å². The number of hydrogen-bond donors (Lipinski definition) is 1. The van der Waals surface area contributed by atoms with Crippen molar-refractivity contribution in [3.63, 3.8) is 0 Å². The predicted octanol–water partition coefficient (Wildman–Crippen LogP) is 3.85. The highest BCUT2D eigenvalue weighted by atomic mass is 32.1. The Morgan fingerprint density at radius 3 is 2.81 bits per heavy atom. The standard InChI is InChI=1S/C14H19N5S2/c1-5-10-7-15-12(21-10)9(4)19-13-11(16-14(19)20)8(3)17-18(13)6-2/h7,9H,5-6H2,1-4H3,(H,16,20). The third-order valence-electron chi connectivity index (χ3n) is 3.74. The fourth-order valence-corrected chi connectivity index (χ4v) is 3.84. The van der Waals surface area contributed by atoms with Gasteiger partial charge in [-0.25, -0.2) is 9.67 Å². The number of aromatic nitrogens is 5. The number of aromatic amines is 1. The zero-order valence-corrected chi connectivity index (χ0v) is 14.3. The molecule has 0 fully saturated rings. The van der Waals surface area contributed by atoms with Gasteiger partial charge < -0.3 is 4.98 Å². The fraction of sp³-hybridized carbons (Fsp3) is 0.500. The van der Waals surface area contributed by atoms with Crippen molar-refractivity contribution in [1.82, 2.24) is 24.3 Å². The molecule has 3 aromatic heterocycles. The van der Waals surface area contributed by atoms with E-state index in [1.807, 2.05) is 17.8 Å². The third kappa shape index (κ3) is 2.24. The Balaban J connectivity index is 2.19. The molecule has 1 unspecified atom stereocenters. The first kappa shape index (κ1) is 14.5. The molecule has 0 bridgehead atoms. The van der Waals surface area contributed by atoms with Gasteiger partial charge in [-0.3, -0.25) is 4.57 Å². The lowest BCUT2D eigenvalue weighted by Crippen LogP contribution is -2.10. The molecular formula is C14H19N5S2. The van der Waals surface area contributed by atoms with E-state index in [0.29, 0.717) is 0 Å². The van der Waals surface area contributed by atoms with Crippen molar-refractivity contribution < 1.29 is 0 Å². The minimum atomic E-state index is 0.109. The van der Waals surface area contributed by atoms with Gasteiger partial charge in [-0.1, -0.05) is 6.92 Å². The summed E-state index contributed by atoms with van der Waals surface area (Å²) in [6.45, 7) is 9.21. The summed E-state index contributed by atoms with van der Waals surface area (Å²) in [5.74, 6) is 0. The second-order valence-electron chi connectivity index (χ2n) is 5.09. The zero-order chi connectivity index (χ0) is 15.1. The van der Waals surface area contributed by atoms with Crippen molar-refractivity contribution in [3.05, 3.63) is 26.5 Å². The lowest BCUT2D eigenvalue weighted by atomic mass is 10.3. The Kier molecular flexibility index (Phi) is 3.71. The molecule has 3 rings (SSSR count). The van der Waals surface area contributed by atoms with Crippen LogP contribution in [0.1, 0.15) is 42.4 Å². The van der Waals surface area contributed by atoms with Crippen LogP contribution in [-0.4, -0.2) is 24.3 Å². The molecule has 1 N–H and O–H groups in total. The van der Waals surface area contributed by atoms with E-state index >= 15 is 0 Å². The Labute approximate surface area is 132 Å². The molecule has 3 heterocycles. The molecule has 3 aromatic rings. The molecule has 0 amide bonds. The number of H-pyrrole nitrogens is 1. The summed E-state index contributed by atoms with van der Waals surface area (Å²) in [5, 5.41) is 5.66. The van der Waals surface area contributed by atoms with E-state index in [1.165, 1.54) is 4.88 Å². The average molecular weight is 321 g/mol. The van der Waals surface area contributed by atoms with E-state index in [1.54, 1.807) is 11.3 Å². The van der Waals surface area contributed by atoms with Crippen molar-refractivity contribution in [2.75, 3.05) is 0 Å². The molecule has 7 heteroatoms. The molecular weight excluding hydrogens is 302 g/mol. The van der Waals surface area contributed by atoms with E-state index in [2.05, 4.69) is 40.4 Å². The van der Waals surface area contributed by atoms with Gasteiger partial charge in [0.1, 0.15) is 10.5 Å². The summed E-state index contributed by atoms with van der Waals surface area (Å²) >= 11 is 7.28. The second-order valence-corrected chi connectivity index (χ2v) is 6.63. The van der Waals surface area contributed by atoms with E-state index < -0.39 is 0 Å². The lowest BCUT2D eigenvalue weighted by molar-refractivity contribution is 0.594. The summed E-state index contributed by atoms with van der Waals surface area (Å²) in [6.07, 6.45) is 2.98. The van der Waals surface area contributed by atoms with Crippen LogP contribution in [0.5, 0.6) is 0 Å². The summed E-state index contributed by atoms with van der Waals surface area (Å²) in [7, 11) is 0. The third-order valence-corrected chi connectivity index (χ3v) is 5.35. The van der Waals surface area contributed by atoms with Crippen molar-refractivity contribution >= 4 is 34.7 Å². The van der Waals surface area contributed by atoms with Gasteiger partial charge in [0.25, 0.3) is 0 Å². The van der Waals surface area contributed by atoms with Crippen LogP contribution < -0.4 is 0 Å². The summed E-state index contributed by atoms with van der Waals surface area (Å²) in [6, 6.07) is 0.109. The Bertz CT molecular complexity index is 835. The van der Waals surface area contributed by atoms with E-state index in [9.17, 15) is 0 Å². The molecule has 0 aliphatic rings. The molecule has 0 saturated carbocycles. The average Bonchev–Trinajstić information content (AvgIpc) is 3.14. The topological polar surface area (TPSA) is 51.4 Å². The van der Waals surface area contributed by atoms with Crippen LogP contribution in [0.4, 0.5) is 0 Å². The van der Waals surface area contributed by atoms with Crippen molar-refractivity contribution in [1.29, 1.82) is 0 Å². The monoisotopic (exact) mass is 321 g/mol. The Morgan fingerprint density at radius 1 is 1.43 bits per heavy atom. The molecule has 0 aliphatic heterocycles. The Hall–Kier alpha value is -1.47. The number of thiazole rings is 1. The highest BCUT2D eigenvalue weighted by Crippen LogP contribution is 2.28. The number of aryl methyl sites for hydroxylation is 3. The number of nitrogens with zero attached hydrogens (tertiary/aromatic N) is 4. The van der Waals surface area contributed by atoms with Gasteiger partial charge in [0.15, 0.2) is 10.4 Å². The molecule has 0 spiro atoms. The molecule has 1 atom stereocenters. The summed E-state index contributed by atoms with van der Waals surface area (Å²) < 4.78 is 4.86. The van der Waals surface area contributed by atoms with Crippen LogP contribution in [0.3, 0.4) is 0 Å². The first-order valence-corrected chi connectivity index (χ1v) is 8.41. The van der Waals surface area contributed by atoms with Crippen LogP contribution in [0, 0.1) is 11.7 Å². The lowest BCUT2D eigenvalue weighted by Gasteiger charge is -2.12. The van der Waals surface area contributed by atoms with Gasteiger partial charge in [0.2, 0.25) is 0 Å². The van der Waals surface area contributed by atoms with Crippen LogP contribution in [0.15, 0.2) is 6.20 Å². The maximum Gasteiger partial charge on any atom is 0.179 e. The number of hydrogen-bond acceptors (Lipinski definition) is 4. The minimum Gasteiger partial charge on any atom is -0.328 e. The maximum absolute atomic E-state index is 5.53. The van der Waals surface area contributed by atoms with Crippen molar-refractivity contribution in [2.24, 2.45) is 0 Å². The van der Waals surface area contributed by atoms with Gasteiger partial charge in [-0.05, 0) is 39.4 Å². The SMILES string of the molecule is CCc1cnc(C(C)n2c(=S)[nH]c3c(C)nn(CC)c32)s1. The highest BCUT2D eigenvalue weighted by Gasteiger charge is 2.20. The van der Waals surface area contributed by atoms with Gasteiger partial charge in [-0.2, -0.15) is 5.10 Å². The van der Waals surface area contributed by atoms with Gasteiger partial charge in [0.05, 0.1) is 11.7 Å². The van der Waals surface area contributed by atoms with Gasteiger partial charge >= 0.3 is 0 Å². The quantitative estimate of drug-likeness (QED) is 0.743. The fourth-order valence-electron chi connectivity index (χ4n) is 2.59. The largest absolute Gasteiger partial charge is 0.328 e. The number of nitrogens with one attached hydrogen (secondary N) is 1. The van der Waals surface area contributed by atoms with Crippen molar-refractivity contribution in [3.8, 4) is 0 Å². The zero-order valence-electron chi connectivity index (χ0n) is 12.7. The number of fused-ring (bicyclic) bond motifs is 1. The van der Waals surface area contributed by atoms with Crippen LogP contribution in [0.25, 0.3) is 11.2 Å². The maximum atomic E-state index is 5.53. The molecule has 0 aliphatic carbocycles. The first-order chi connectivity index (χ1) is 10.1. The second kappa shape index (κ2) is 5.38. The highest BCUT2D eigenvalue weighted by molar-refractivity contribution is 7.71. The molecule has 112 valence electrons. The van der Waals surface area contributed by atoms with Crippen molar-refractivity contribution in [2.45, 2.75) is 46.7 Å². The van der Waals surface area contributed by atoms with Gasteiger partial charge in [0, 0.05) is 17.6 Å². The van der Waals surface area contributed by atoms with E-state index in [4.69, 9.17) is 12.2 Å². The van der Waals surface area contributed by atoms with Crippen LogP contribution in [-0.2, 0) is 13.0 Å². The predicted molar refractivity (Wildman–Crippen MR) is 88.6 cm³/mol. The molecule has 5 nitrogen and oxygen atoms in total. The molecule has 0 radical (unpaired) electrons. The number of rotatable bonds is 4. The first-order valence-electron chi connectivity index (χ1n) is 7.19. The smallest absolute Gasteiger partial charge is 0.179 e. The summed E-state index contributed by atoms with van der Waals surface area (Å²) in [4.78, 5) is 9.16. The molecule has 21 heavy (non-hydrogen) atoms. The molecule has 0 saturated heterocycles. The molecule has 0 aromatic carbocycles. The minimum absolute atomic E-state index is 0.109. The number of imidazole rings is 1. The van der Waals surface area contributed by atoms with E-state index in [-0.39, 0.29) is 6.04 Å². The normalized spacial score (nSPS) is 13.1. The van der Waals surface area contributed by atoms with E-state index in [0.717, 1.165) is 39.6 Å².